The van der Waals surface area contributed by atoms with E-state index in [9.17, 15) is 13.2 Å². The molecule has 3 heterocycles. The van der Waals surface area contributed by atoms with Gasteiger partial charge >= 0.3 is 0 Å². The molecule has 1 aliphatic rings. The molecule has 0 radical (unpaired) electrons. The molecule has 124 valence electrons. The minimum absolute atomic E-state index is 0.0338. The third kappa shape index (κ3) is 3.98. The van der Waals surface area contributed by atoms with Gasteiger partial charge in [0.05, 0.1) is 24.1 Å². The summed E-state index contributed by atoms with van der Waals surface area (Å²) in [5, 5.41) is 7.97. The molecule has 0 fully saturated rings. The average Bonchev–Trinajstić information content (AvgIpc) is 3.12. The van der Waals surface area contributed by atoms with Gasteiger partial charge in [0.15, 0.2) is 0 Å². The maximum atomic E-state index is 12.7. The second-order valence-corrected chi connectivity index (χ2v) is 8.30. The van der Waals surface area contributed by atoms with Crippen LogP contribution in [0.5, 0.6) is 0 Å². The number of nitrogens with one attached hydrogen (secondary N) is 1. The van der Waals surface area contributed by atoms with E-state index >= 15 is 0 Å². The Labute approximate surface area is 139 Å². The van der Waals surface area contributed by atoms with Gasteiger partial charge in [-0.15, -0.1) is 0 Å². The number of hydrogen-bond donors (Lipinski definition) is 1. The molecule has 23 heavy (non-hydrogen) atoms. The molecule has 0 saturated heterocycles. The van der Waals surface area contributed by atoms with Crippen LogP contribution in [0.4, 0.5) is 0 Å². The molecule has 7 nitrogen and oxygen atoms in total. The molecule has 0 aliphatic carbocycles. The first kappa shape index (κ1) is 16.2. The van der Waals surface area contributed by atoms with Crippen LogP contribution in [-0.4, -0.2) is 48.4 Å². The van der Waals surface area contributed by atoms with Gasteiger partial charge in [0.1, 0.15) is 0 Å². The largest absolute Gasteiger partial charge is 0.332 e. The second kappa shape index (κ2) is 6.42. The first-order valence-corrected chi connectivity index (χ1v) is 10.0. The van der Waals surface area contributed by atoms with Crippen molar-refractivity contribution in [2.75, 3.05) is 19.3 Å². The van der Waals surface area contributed by atoms with Crippen molar-refractivity contribution in [2.24, 2.45) is 5.92 Å². The number of aromatic nitrogens is 2. The van der Waals surface area contributed by atoms with Crippen molar-refractivity contribution in [2.45, 2.75) is 13.1 Å². The topological polar surface area (TPSA) is 84.3 Å². The van der Waals surface area contributed by atoms with Crippen LogP contribution < -0.4 is 4.72 Å². The second-order valence-electron chi connectivity index (χ2n) is 5.69. The van der Waals surface area contributed by atoms with E-state index in [0.29, 0.717) is 25.2 Å². The summed E-state index contributed by atoms with van der Waals surface area (Å²) >= 11 is 1.48. The van der Waals surface area contributed by atoms with E-state index in [1.165, 1.54) is 11.3 Å². The monoisotopic (exact) mass is 354 g/mol. The van der Waals surface area contributed by atoms with Gasteiger partial charge in [-0.3, -0.25) is 9.48 Å². The van der Waals surface area contributed by atoms with Crippen LogP contribution in [0.1, 0.15) is 16.1 Å². The van der Waals surface area contributed by atoms with Gasteiger partial charge in [-0.05, 0) is 17.5 Å². The fourth-order valence-corrected chi connectivity index (χ4v) is 3.82. The van der Waals surface area contributed by atoms with E-state index in [4.69, 9.17) is 0 Å². The number of hydrogen-bond acceptors (Lipinski definition) is 5. The van der Waals surface area contributed by atoms with Crippen molar-refractivity contribution in [3.8, 4) is 0 Å². The van der Waals surface area contributed by atoms with E-state index in [1.807, 2.05) is 21.5 Å². The third-order valence-corrected chi connectivity index (χ3v) is 5.13. The number of fused-ring (bicyclic) bond motifs is 1. The van der Waals surface area contributed by atoms with E-state index in [0.717, 1.165) is 11.9 Å². The molecular formula is C14H18N4O3S2. The number of carbonyl (C=O) groups excluding carboxylic acids is 1. The Morgan fingerprint density at radius 1 is 1.43 bits per heavy atom. The van der Waals surface area contributed by atoms with E-state index in [1.54, 1.807) is 17.2 Å². The summed E-state index contributed by atoms with van der Waals surface area (Å²) in [5.74, 6) is -0.0706. The van der Waals surface area contributed by atoms with Crippen molar-refractivity contribution in [1.82, 2.24) is 19.4 Å². The molecule has 0 saturated carbocycles. The number of nitrogens with zero attached hydrogens (tertiary/aromatic N) is 3. The maximum Gasteiger partial charge on any atom is 0.255 e. The number of thiophene rings is 1. The molecule has 1 atom stereocenters. The zero-order valence-corrected chi connectivity index (χ0v) is 14.3. The van der Waals surface area contributed by atoms with Gasteiger partial charge in [0, 0.05) is 37.1 Å². The Morgan fingerprint density at radius 3 is 2.96 bits per heavy atom. The Bertz CT molecular complexity index is 783. The van der Waals surface area contributed by atoms with Gasteiger partial charge in [0.25, 0.3) is 5.91 Å². The Hall–Kier alpha value is -1.71. The molecule has 0 aromatic carbocycles. The Balaban J connectivity index is 1.81. The summed E-state index contributed by atoms with van der Waals surface area (Å²) in [6.07, 6.45) is 2.84. The molecule has 3 rings (SSSR count). The summed E-state index contributed by atoms with van der Waals surface area (Å²) in [6, 6.07) is 3.69. The molecule has 9 heteroatoms. The maximum absolute atomic E-state index is 12.7. The number of rotatable bonds is 4. The van der Waals surface area contributed by atoms with Gasteiger partial charge in [-0.25, -0.2) is 13.1 Å². The van der Waals surface area contributed by atoms with Crippen LogP contribution in [0.25, 0.3) is 0 Å². The molecule has 0 spiro atoms. The molecule has 2 aromatic rings. The lowest BCUT2D eigenvalue weighted by molar-refractivity contribution is 0.0723. The normalized spacial score (nSPS) is 18.5. The van der Waals surface area contributed by atoms with Gasteiger partial charge in [-0.1, -0.05) is 0 Å². The molecule has 0 bridgehead atoms. The molecule has 1 amide bonds. The lowest BCUT2D eigenvalue weighted by Gasteiger charge is -2.23. The summed E-state index contributed by atoms with van der Waals surface area (Å²) in [7, 11) is -3.26. The van der Waals surface area contributed by atoms with E-state index < -0.39 is 10.0 Å². The highest BCUT2D eigenvalue weighted by Crippen LogP contribution is 2.19. The van der Waals surface area contributed by atoms with Crippen LogP contribution in [0.3, 0.4) is 0 Å². The first-order valence-electron chi connectivity index (χ1n) is 7.19. The minimum atomic E-state index is -3.26. The molecule has 1 aliphatic heterocycles. The van der Waals surface area contributed by atoms with Crippen LogP contribution in [-0.2, 0) is 23.1 Å². The number of sulfonamides is 1. The minimum Gasteiger partial charge on any atom is -0.332 e. The average molecular weight is 354 g/mol. The number of amides is 1. The van der Waals surface area contributed by atoms with E-state index in [-0.39, 0.29) is 18.4 Å². The molecule has 1 unspecified atom stereocenters. The fraction of sp³-hybridized carbons (Fsp3) is 0.429. The summed E-state index contributed by atoms with van der Waals surface area (Å²) in [5.41, 5.74) is 1.62. The molecular weight excluding hydrogens is 336 g/mol. The van der Waals surface area contributed by atoms with Gasteiger partial charge in [-0.2, -0.15) is 16.4 Å². The summed E-state index contributed by atoms with van der Waals surface area (Å²) in [4.78, 5) is 14.4. The molecule has 1 N–H and O–H groups in total. The fourth-order valence-electron chi connectivity index (χ4n) is 2.65. The lowest BCUT2D eigenvalue weighted by atomic mass is 10.1. The zero-order valence-electron chi connectivity index (χ0n) is 12.7. The first-order chi connectivity index (χ1) is 10.9. The molecule has 2 aromatic heterocycles. The smallest absolute Gasteiger partial charge is 0.255 e. The predicted octanol–water partition coefficient (Wildman–Crippen LogP) is 0.766. The van der Waals surface area contributed by atoms with Crippen LogP contribution in [0.15, 0.2) is 29.1 Å². The van der Waals surface area contributed by atoms with Crippen molar-refractivity contribution in [3.05, 3.63) is 40.3 Å². The highest BCUT2D eigenvalue weighted by molar-refractivity contribution is 7.88. The highest BCUT2D eigenvalue weighted by Gasteiger charge is 2.26. The zero-order chi connectivity index (χ0) is 16.4. The van der Waals surface area contributed by atoms with Gasteiger partial charge in [0.2, 0.25) is 10.0 Å². The van der Waals surface area contributed by atoms with Crippen LogP contribution >= 0.6 is 11.3 Å². The van der Waals surface area contributed by atoms with Crippen molar-refractivity contribution >= 4 is 27.3 Å². The number of carbonyl (C=O) groups is 1. The van der Waals surface area contributed by atoms with E-state index in [2.05, 4.69) is 9.82 Å². The van der Waals surface area contributed by atoms with Crippen LogP contribution in [0.2, 0.25) is 0 Å². The predicted molar refractivity (Wildman–Crippen MR) is 87.6 cm³/mol. The van der Waals surface area contributed by atoms with Crippen molar-refractivity contribution < 1.29 is 13.2 Å². The lowest BCUT2D eigenvalue weighted by Crippen LogP contribution is -2.38. The standard InChI is InChI=1S/C14H18N4O3S2/c1-23(20,21)16-6-11-7-17(14(19)12-3-5-22-10-12)9-13-2-4-15-18(13)8-11/h2-5,10-11,16H,6-9H2,1H3. The highest BCUT2D eigenvalue weighted by atomic mass is 32.2. The summed E-state index contributed by atoms with van der Waals surface area (Å²) < 4.78 is 27.1. The van der Waals surface area contributed by atoms with Crippen molar-refractivity contribution in [1.29, 1.82) is 0 Å². The van der Waals surface area contributed by atoms with Crippen molar-refractivity contribution in [3.63, 3.8) is 0 Å². The Kier molecular flexibility index (Phi) is 4.51. The summed E-state index contributed by atoms with van der Waals surface area (Å²) in [6.45, 7) is 1.83. The quantitative estimate of drug-likeness (QED) is 0.879. The SMILES string of the molecule is CS(=O)(=O)NCC1CN(C(=O)c2ccsc2)Cc2ccnn2C1. The third-order valence-electron chi connectivity index (χ3n) is 3.76. The van der Waals surface area contributed by atoms with Crippen LogP contribution in [0, 0.1) is 5.92 Å². The van der Waals surface area contributed by atoms with Gasteiger partial charge < -0.3 is 4.90 Å². The Morgan fingerprint density at radius 2 is 2.26 bits per heavy atom.